The molecule has 0 spiro atoms. The number of fused-ring (bicyclic) bond motifs is 2. The number of nitrogens with zero attached hydrogens (tertiary/aromatic N) is 2. The topological polar surface area (TPSA) is 52.7 Å². The van der Waals surface area contributed by atoms with Gasteiger partial charge in [0.15, 0.2) is 0 Å². The molecule has 3 fully saturated rings. The third kappa shape index (κ3) is 3.56. The Labute approximate surface area is 149 Å². The normalized spacial score (nSPS) is 29.2. The van der Waals surface area contributed by atoms with E-state index in [-0.39, 0.29) is 17.7 Å². The Morgan fingerprint density at radius 2 is 1.88 bits per heavy atom. The fourth-order valence-electron chi connectivity index (χ4n) is 4.41. The number of carbonyl (C=O) groups is 2. The average molecular weight is 341 g/mol. The maximum atomic E-state index is 12.9. The quantitative estimate of drug-likeness (QED) is 0.910. The van der Waals surface area contributed by atoms with Crippen LogP contribution in [0, 0.1) is 12.8 Å². The van der Waals surface area contributed by atoms with Crippen LogP contribution in [-0.2, 0) is 16.1 Å². The summed E-state index contributed by atoms with van der Waals surface area (Å²) < 4.78 is 0. The average Bonchev–Trinajstić information content (AvgIpc) is 3.11. The van der Waals surface area contributed by atoms with Crippen LogP contribution in [0.4, 0.5) is 0 Å². The number of carbonyl (C=O) groups excluding carboxylic acids is 2. The van der Waals surface area contributed by atoms with Crippen molar-refractivity contribution in [3.63, 3.8) is 0 Å². The molecule has 1 N–H and O–H groups in total. The molecule has 134 valence electrons. The van der Waals surface area contributed by atoms with Gasteiger partial charge in [-0.2, -0.15) is 0 Å². The van der Waals surface area contributed by atoms with Crippen LogP contribution in [0.25, 0.3) is 0 Å². The number of aryl methyl sites for hydroxylation is 1. The van der Waals surface area contributed by atoms with Crippen molar-refractivity contribution in [1.29, 1.82) is 0 Å². The highest BCUT2D eigenvalue weighted by Crippen LogP contribution is 2.26. The van der Waals surface area contributed by atoms with Crippen molar-refractivity contribution in [3.05, 3.63) is 35.4 Å². The first-order valence-electron chi connectivity index (χ1n) is 9.46. The Morgan fingerprint density at radius 3 is 2.68 bits per heavy atom. The van der Waals surface area contributed by atoms with Gasteiger partial charge in [0, 0.05) is 44.7 Å². The Hall–Kier alpha value is -1.88. The van der Waals surface area contributed by atoms with Gasteiger partial charge in [-0.05, 0) is 31.7 Å². The standard InChI is InChI=1S/C20H27N3O2/c1-14-2-4-15(5-3-14)11-23-12-16(10-19(23)24)20(25)22-9-8-17-6-7-18(13-22)21-17/h2-5,16-18,21H,6-13H2,1H3. The highest BCUT2D eigenvalue weighted by molar-refractivity contribution is 5.89. The number of likely N-dealkylation sites (tertiary alicyclic amines) is 2. The van der Waals surface area contributed by atoms with E-state index in [0.29, 0.717) is 31.6 Å². The second-order valence-electron chi connectivity index (χ2n) is 7.87. The number of rotatable bonds is 3. The third-order valence-electron chi connectivity index (χ3n) is 5.89. The van der Waals surface area contributed by atoms with Gasteiger partial charge in [0.05, 0.1) is 5.92 Å². The summed E-state index contributed by atoms with van der Waals surface area (Å²) in [6.45, 7) is 4.86. The molecule has 3 aliphatic rings. The summed E-state index contributed by atoms with van der Waals surface area (Å²) in [7, 11) is 0. The van der Waals surface area contributed by atoms with Crippen LogP contribution in [0.15, 0.2) is 24.3 Å². The van der Waals surface area contributed by atoms with Gasteiger partial charge in [-0.15, -0.1) is 0 Å². The molecule has 3 atom stereocenters. The van der Waals surface area contributed by atoms with Crippen LogP contribution in [0.3, 0.4) is 0 Å². The second-order valence-corrected chi connectivity index (χ2v) is 7.87. The maximum Gasteiger partial charge on any atom is 0.228 e. The summed E-state index contributed by atoms with van der Waals surface area (Å²) in [5.74, 6) is 0.108. The van der Waals surface area contributed by atoms with Crippen LogP contribution in [-0.4, -0.2) is 53.3 Å². The van der Waals surface area contributed by atoms with Gasteiger partial charge in [0.1, 0.15) is 0 Å². The molecule has 25 heavy (non-hydrogen) atoms. The lowest BCUT2D eigenvalue weighted by Crippen LogP contribution is -2.42. The fourth-order valence-corrected chi connectivity index (χ4v) is 4.41. The van der Waals surface area contributed by atoms with Crippen molar-refractivity contribution in [3.8, 4) is 0 Å². The zero-order valence-corrected chi connectivity index (χ0v) is 14.9. The summed E-state index contributed by atoms with van der Waals surface area (Å²) in [5, 5.41) is 3.61. The molecule has 1 aromatic rings. The van der Waals surface area contributed by atoms with E-state index in [4.69, 9.17) is 0 Å². The predicted octanol–water partition coefficient (Wildman–Crippen LogP) is 1.70. The molecule has 1 aromatic carbocycles. The highest BCUT2D eigenvalue weighted by atomic mass is 16.2. The van der Waals surface area contributed by atoms with Gasteiger partial charge < -0.3 is 15.1 Å². The molecular formula is C20H27N3O2. The van der Waals surface area contributed by atoms with E-state index in [1.165, 1.54) is 12.0 Å². The van der Waals surface area contributed by atoms with Crippen LogP contribution in [0.5, 0.6) is 0 Å². The minimum Gasteiger partial charge on any atom is -0.341 e. The molecule has 0 aliphatic carbocycles. The smallest absolute Gasteiger partial charge is 0.228 e. The Morgan fingerprint density at radius 1 is 1.12 bits per heavy atom. The number of hydrogen-bond donors (Lipinski definition) is 1. The fraction of sp³-hybridized carbons (Fsp3) is 0.600. The predicted molar refractivity (Wildman–Crippen MR) is 95.8 cm³/mol. The van der Waals surface area contributed by atoms with Gasteiger partial charge in [0.2, 0.25) is 11.8 Å². The van der Waals surface area contributed by atoms with Crippen LogP contribution < -0.4 is 5.32 Å². The molecule has 0 radical (unpaired) electrons. The molecule has 5 heteroatoms. The van der Waals surface area contributed by atoms with E-state index in [0.717, 1.165) is 31.5 Å². The Balaban J connectivity index is 1.37. The van der Waals surface area contributed by atoms with Crippen molar-refractivity contribution >= 4 is 11.8 Å². The zero-order valence-electron chi connectivity index (χ0n) is 14.9. The number of amides is 2. The molecular weight excluding hydrogens is 314 g/mol. The first kappa shape index (κ1) is 16.6. The van der Waals surface area contributed by atoms with Crippen molar-refractivity contribution in [2.75, 3.05) is 19.6 Å². The Kier molecular flexibility index (Phi) is 4.50. The van der Waals surface area contributed by atoms with Gasteiger partial charge in [-0.25, -0.2) is 0 Å². The van der Waals surface area contributed by atoms with E-state index in [1.807, 2.05) is 9.80 Å². The van der Waals surface area contributed by atoms with Crippen molar-refractivity contribution in [2.45, 2.75) is 51.2 Å². The van der Waals surface area contributed by atoms with E-state index in [2.05, 4.69) is 36.5 Å². The van der Waals surface area contributed by atoms with Crippen molar-refractivity contribution < 1.29 is 9.59 Å². The van der Waals surface area contributed by atoms with Crippen molar-refractivity contribution in [2.24, 2.45) is 5.92 Å². The first-order chi connectivity index (χ1) is 12.1. The van der Waals surface area contributed by atoms with Crippen LogP contribution >= 0.6 is 0 Å². The molecule has 4 rings (SSSR count). The number of benzene rings is 1. The lowest BCUT2D eigenvalue weighted by molar-refractivity contribution is -0.136. The molecule has 5 nitrogen and oxygen atoms in total. The van der Waals surface area contributed by atoms with E-state index in [1.54, 1.807) is 0 Å². The minimum absolute atomic E-state index is 0.105. The molecule has 3 saturated heterocycles. The lowest BCUT2D eigenvalue weighted by Gasteiger charge is -2.27. The molecule has 3 heterocycles. The lowest BCUT2D eigenvalue weighted by atomic mass is 10.0. The summed E-state index contributed by atoms with van der Waals surface area (Å²) in [5.41, 5.74) is 2.34. The van der Waals surface area contributed by atoms with Gasteiger partial charge >= 0.3 is 0 Å². The first-order valence-corrected chi connectivity index (χ1v) is 9.46. The van der Waals surface area contributed by atoms with E-state index < -0.39 is 0 Å². The highest BCUT2D eigenvalue weighted by Gasteiger charge is 2.39. The van der Waals surface area contributed by atoms with Crippen LogP contribution in [0.2, 0.25) is 0 Å². The molecule has 0 aromatic heterocycles. The van der Waals surface area contributed by atoms with E-state index in [9.17, 15) is 9.59 Å². The maximum absolute atomic E-state index is 12.9. The van der Waals surface area contributed by atoms with Gasteiger partial charge in [-0.3, -0.25) is 9.59 Å². The molecule has 2 amide bonds. The van der Waals surface area contributed by atoms with Crippen LogP contribution in [0.1, 0.15) is 36.8 Å². The summed E-state index contributed by atoms with van der Waals surface area (Å²) >= 11 is 0. The summed E-state index contributed by atoms with van der Waals surface area (Å²) in [6.07, 6.45) is 3.80. The summed E-state index contributed by atoms with van der Waals surface area (Å²) in [6, 6.07) is 9.28. The van der Waals surface area contributed by atoms with Gasteiger partial charge in [-0.1, -0.05) is 29.8 Å². The van der Waals surface area contributed by atoms with Gasteiger partial charge in [0.25, 0.3) is 0 Å². The molecule has 3 unspecified atom stereocenters. The largest absolute Gasteiger partial charge is 0.341 e. The number of nitrogens with one attached hydrogen (secondary N) is 1. The second kappa shape index (κ2) is 6.79. The van der Waals surface area contributed by atoms with E-state index >= 15 is 0 Å². The summed E-state index contributed by atoms with van der Waals surface area (Å²) in [4.78, 5) is 29.2. The Bertz CT molecular complexity index is 657. The monoisotopic (exact) mass is 341 g/mol. The zero-order chi connectivity index (χ0) is 17.4. The molecule has 3 aliphatic heterocycles. The minimum atomic E-state index is -0.172. The molecule has 0 saturated carbocycles. The molecule has 2 bridgehead atoms. The SMILES string of the molecule is Cc1ccc(CN2CC(C(=O)N3CCC4CCC(C3)N4)CC2=O)cc1. The van der Waals surface area contributed by atoms with Crippen molar-refractivity contribution in [1.82, 2.24) is 15.1 Å². The number of hydrogen-bond acceptors (Lipinski definition) is 3. The third-order valence-corrected chi connectivity index (χ3v) is 5.89.